The quantitative estimate of drug-likeness (QED) is 0.866. The summed E-state index contributed by atoms with van der Waals surface area (Å²) in [5, 5.41) is 12.6. The Morgan fingerprint density at radius 1 is 1.43 bits per heavy atom. The minimum atomic E-state index is -3.92. The maximum atomic E-state index is 12.9. The first-order valence-electron chi connectivity index (χ1n) is 6.93. The molecule has 2 aromatic rings. The Bertz CT molecular complexity index is 868. The van der Waals surface area contributed by atoms with E-state index in [0.717, 1.165) is 0 Å². The number of aromatic nitrogens is 1. The number of carbonyl (C=O) groups is 1. The Balaban J connectivity index is 2.12. The van der Waals surface area contributed by atoms with Gasteiger partial charge in [0.2, 0.25) is 0 Å². The molecular weight excluding hydrogens is 322 g/mol. The van der Waals surface area contributed by atoms with E-state index in [2.05, 4.69) is 5.16 Å². The molecule has 1 aliphatic heterocycles. The van der Waals surface area contributed by atoms with Crippen molar-refractivity contribution in [3.05, 3.63) is 35.1 Å². The lowest BCUT2D eigenvalue weighted by Gasteiger charge is -2.30. The van der Waals surface area contributed by atoms with E-state index in [9.17, 15) is 13.2 Å². The smallest absolute Gasteiger partial charge is 0.335 e. The summed E-state index contributed by atoms with van der Waals surface area (Å²) < 4.78 is 31.9. The topological polar surface area (TPSA) is 127 Å². The number of benzene rings is 1. The molecule has 0 spiro atoms. The molecule has 0 aliphatic carbocycles. The highest BCUT2D eigenvalue weighted by Gasteiger charge is 2.34. The van der Waals surface area contributed by atoms with E-state index in [1.54, 1.807) is 0 Å². The summed E-state index contributed by atoms with van der Waals surface area (Å²) in [6, 6.07) is 4.40. The van der Waals surface area contributed by atoms with E-state index >= 15 is 0 Å². The minimum absolute atomic E-state index is 0.122. The number of carboxylic acids is 1. The lowest BCUT2D eigenvalue weighted by molar-refractivity contribution is 0.0696. The molecule has 1 aliphatic rings. The second-order valence-corrected chi connectivity index (χ2v) is 7.08. The molecule has 0 bridgehead atoms. The first-order chi connectivity index (χ1) is 10.8. The molecule has 0 unspecified atom stereocenters. The van der Waals surface area contributed by atoms with E-state index in [1.807, 2.05) is 0 Å². The molecule has 3 rings (SSSR count). The van der Waals surface area contributed by atoms with Gasteiger partial charge in [-0.3, -0.25) is 4.31 Å². The van der Waals surface area contributed by atoms with Crippen LogP contribution in [-0.4, -0.2) is 31.2 Å². The van der Waals surface area contributed by atoms with Gasteiger partial charge in [0.05, 0.1) is 11.3 Å². The number of nitrogens with zero attached hydrogens (tertiary/aromatic N) is 2. The molecule has 0 atom stereocenters. The van der Waals surface area contributed by atoms with Crippen molar-refractivity contribution in [2.75, 3.05) is 16.6 Å². The Labute approximate surface area is 132 Å². The molecule has 0 saturated heterocycles. The second-order valence-electron chi connectivity index (χ2n) is 5.28. The molecule has 23 heavy (non-hydrogen) atoms. The van der Waals surface area contributed by atoms with Crippen LogP contribution in [-0.2, 0) is 16.4 Å². The fraction of sp³-hybridized carbons (Fsp3) is 0.286. The maximum Gasteiger partial charge on any atom is 0.335 e. The number of aryl methyl sites for hydroxylation is 2. The highest BCUT2D eigenvalue weighted by atomic mass is 32.2. The molecule has 8 nitrogen and oxygen atoms in total. The highest BCUT2D eigenvalue weighted by molar-refractivity contribution is 7.93. The van der Waals surface area contributed by atoms with E-state index in [1.165, 1.54) is 29.4 Å². The van der Waals surface area contributed by atoms with Gasteiger partial charge in [0.1, 0.15) is 0 Å². The number of nitrogens with two attached hydrogens (primary N) is 1. The lowest BCUT2D eigenvalue weighted by atomic mass is 10.0. The van der Waals surface area contributed by atoms with Crippen LogP contribution in [0.15, 0.2) is 27.6 Å². The average molecular weight is 337 g/mol. The van der Waals surface area contributed by atoms with Crippen molar-refractivity contribution < 1.29 is 22.8 Å². The molecular formula is C14H15N3O5S. The zero-order valence-electron chi connectivity index (χ0n) is 12.3. The molecule has 1 aromatic carbocycles. The number of rotatable bonds is 3. The van der Waals surface area contributed by atoms with Crippen molar-refractivity contribution in [2.45, 2.75) is 24.7 Å². The number of aromatic carboxylic acids is 1. The Hall–Kier alpha value is -2.55. The van der Waals surface area contributed by atoms with Crippen LogP contribution in [0, 0.1) is 6.92 Å². The van der Waals surface area contributed by atoms with Crippen molar-refractivity contribution in [1.82, 2.24) is 5.16 Å². The molecule has 2 heterocycles. The second kappa shape index (κ2) is 5.27. The van der Waals surface area contributed by atoms with E-state index < -0.39 is 16.0 Å². The molecule has 0 radical (unpaired) electrons. The molecule has 3 N–H and O–H groups in total. The van der Waals surface area contributed by atoms with Gasteiger partial charge in [0.15, 0.2) is 16.5 Å². The van der Waals surface area contributed by atoms with Crippen LogP contribution in [0.2, 0.25) is 0 Å². The van der Waals surface area contributed by atoms with Crippen LogP contribution < -0.4 is 10.0 Å². The van der Waals surface area contributed by atoms with Crippen LogP contribution in [0.1, 0.15) is 28.1 Å². The van der Waals surface area contributed by atoms with Gasteiger partial charge in [0, 0.05) is 6.54 Å². The van der Waals surface area contributed by atoms with Gasteiger partial charge in [-0.2, -0.15) is 0 Å². The zero-order chi connectivity index (χ0) is 16.8. The first kappa shape index (κ1) is 15.3. The van der Waals surface area contributed by atoms with E-state index in [0.29, 0.717) is 24.1 Å². The fourth-order valence-electron chi connectivity index (χ4n) is 2.75. The van der Waals surface area contributed by atoms with Crippen LogP contribution in [0.25, 0.3) is 0 Å². The Morgan fingerprint density at radius 2 is 2.17 bits per heavy atom. The summed E-state index contributed by atoms with van der Waals surface area (Å²) in [5.74, 6) is -1.11. The molecule has 9 heteroatoms. The third kappa shape index (κ3) is 2.42. The number of anilines is 2. The standard InChI is InChI=1S/C14H15N3O5S/c1-8-12(13(15)16-22-8)23(20,21)17-6-2-3-9-7-10(14(18)19)4-5-11(9)17/h4-5,7H,2-3,6H2,1H3,(H2,15,16)(H,18,19). The molecule has 0 amide bonds. The lowest BCUT2D eigenvalue weighted by Crippen LogP contribution is -2.36. The summed E-state index contributed by atoms with van der Waals surface area (Å²) in [4.78, 5) is 10.9. The first-order valence-corrected chi connectivity index (χ1v) is 8.37. The predicted molar refractivity (Wildman–Crippen MR) is 81.9 cm³/mol. The average Bonchev–Trinajstić information content (AvgIpc) is 2.85. The van der Waals surface area contributed by atoms with Crippen molar-refractivity contribution >= 4 is 27.5 Å². The number of carboxylic acid groups (broad SMARTS) is 1. The van der Waals surface area contributed by atoms with Crippen LogP contribution in [0.4, 0.5) is 11.5 Å². The van der Waals surface area contributed by atoms with Crippen molar-refractivity contribution in [3.8, 4) is 0 Å². The van der Waals surface area contributed by atoms with Crippen molar-refractivity contribution in [2.24, 2.45) is 0 Å². The summed E-state index contributed by atoms with van der Waals surface area (Å²) >= 11 is 0. The third-order valence-electron chi connectivity index (χ3n) is 3.78. The van der Waals surface area contributed by atoms with Gasteiger partial charge in [-0.1, -0.05) is 5.16 Å². The number of hydrogen-bond acceptors (Lipinski definition) is 6. The van der Waals surface area contributed by atoms with Gasteiger partial charge in [0.25, 0.3) is 10.0 Å². The number of fused-ring (bicyclic) bond motifs is 1. The fourth-order valence-corrected chi connectivity index (χ4v) is 4.48. The van der Waals surface area contributed by atoms with E-state index in [-0.39, 0.29) is 28.6 Å². The monoisotopic (exact) mass is 337 g/mol. The Kier molecular flexibility index (Phi) is 3.52. The number of hydrogen-bond donors (Lipinski definition) is 2. The van der Waals surface area contributed by atoms with Crippen molar-refractivity contribution in [3.63, 3.8) is 0 Å². The molecule has 0 fully saturated rings. The third-order valence-corrected chi connectivity index (χ3v) is 5.76. The van der Waals surface area contributed by atoms with Crippen LogP contribution in [0.3, 0.4) is 0 Å². The van der Waals surface area contributed by atoms with Gasteiger partial charge in [-0.15, -0.1) is 0 Å². The van der Waals surface area contributed by atoms with E-state index in [4.69, 9.17) is 15.4 Å². The Morgan fingerprint density at radius 3 is 2.78 bits per heavy atom. The maximum absolute atomic E-state index is 12.9. The number of sulfonamides is 1. The van der Waals surface area contributed by atoms with Crippen LogP contribution in [0.5, 0.6) is 0 Å². The van der Waals surface area contributed by atoms with Gasteiger partial charge >= 0.3 is 5.97 Å². The van der Waals surface area contributed by atoms with Gasteiger partial charge in [-0.25, -0.2) is 13.2 Å². The summed E-state index contributed by atoms with van der Waals surface area (Å²) in [7, 11) is -3.92. The highest BCUT2D eigenvalue weighted by Crippen LogP contribution is 2.35. The molecule has 0 saturated carbocycles. The zero-order valence-corrected chi connectivity index (χ0v) is 13.1. The largest absolute Gasteiger partial charge is 0.478 e. The molecule has 122 valence electrons. The van der Waals surface area contributed by atoms with Gasteiger partial charge in [-0.05, 0) is 43.5 Å². The van der Waals surface area contributed by atoms with Gasteiger partial charge < -0.3 is 15.4 Å². The van der Waals surface area contributed by atoms with Crippen molar-refractivity contribution in [1.29, 1.82) is 0 Å². The summed E-state index contributed by atoms with van der Waals surface area (Å²) in [6.07, 6.45) is 1.19. The SMILES string of the molecule is Cc1onc(N)c1S(=O)(=O)N1CCCc2cc(C(=O)O)ccc21. The molecule has 1 aromatic heterocycles. The van der Waals surface area contributed by atoms with Crippen LogP contribution >= 0.6 is 0 Å². The normalized spacial score (nSPS) is 14.6. The minimum Gasteiger partial charge on any atom is -0.478 e. The summed E-state index contributed by atoms with van der Waals surface area (Å²) in [5.41, 5.74) is 6.89. The predicted octanol–water partition coefficient (Wildman–Crippen LogP) is 1.40. The number of nitrogen functional groups attached to an aromatic ring is 1. The summed E-state index contributed by atoms with van der Waals surface area (Å²) in [6.45, 7) is 1.76.